The topological polar surface area (TPSA) is 48.4 Å². The predicted octanol–water partition coefficient (Wildman–Crippen LogP) is 4.20. The van der Waals surface area contributed by atoms with Crippen molar-refractivity contribution in [1.82, 2.24) is 9.91 Å². The quantitative estimate of drug-likeness (QED) is 0.560. The molecule has 1 saturated heterocycles. The van der Waals surface area contributed by atoms with Crippen molar-refractivity contribution < 1.29 is 9.53 Å². The van der Waals surface area contributed by atoms with Crippen LogP contribution < -0.4 is 9.64 Å². The van der Waals surface area contributed by atoms with Gasteiger partial charge in [-0.3, -0.25) is 9.69 Å². The second kappa shape index (κ2) is 10.1. The molecule has 2 aliphatic heterocycles. The van der Waals surface area contributed by atoms with E-state index in [1.54, 1.807) is 12.1 Å². The molecule has 0 radical (unpaired) electrons. The van der Waals surface area contributed by atoms with E-state index in [4.69, 9.17) is 9.84 Å². The number of piperazine rings is 1. The third-order valence-electron chi connectivity index (χ3n) is 6.63. The molecular weight excluding hydrogens is 424 g/mol. The van der Waals surface area contributed by atoms with Gasteiger partial charge in [0.1, 0.15) is 5.75 Å². The summed E-state index contributed by atoms with van der Waals surface area (Å²) in [6.45, 7) is 3.92. The third-order valence-corrected chi connectivity index (χ3v) is 6.63. The lowest BCUT2D eigenvalue weighted by atomic mass is 9.98. The van der Waals surface area contributed by atoms with Gasteiger partial charge in [0, 0.05) is 38.3 Å². The molecule has 2 aliphatic rings. The number of amides is 1. The summed E-state index contributed by atoms with van der Waals surface area (Å²) in [4.78, 5) is 18.1. The minimum Gasteiger partial charge on any atom is -0.497 e. The molecule has 3 aromatic rings. The zero-order chi connectivity index (χ0) is 23.3. The Kier molecular flexibility index (Phi) is 6.58. The highest BCUT2D eigenvalue weighted by molar-refractivity contribution is 6.03. The lowest BCUT2D eigenvalue weighted by molar-refractivity contribution is -0.134. The van der Waals surface area contributed by atoms with E-state index >= 15 is 0 Å². The van der Waals surface area contributed by atoms with Gasteiger partial charge in [0.2, 0.25) is 0 Å². The number of hydrogen-bond acceptors (Lipinski definition) is 5. The maximum absolute atomic E-state index is 13.5. The van der Waals surface area contributed by atoms with Gasteiger partial charge >= 0.3 is 0 Å². The van der Waals surface area contributed by atoms with E-state index in [-0.39, 0.29) is 11.9 Å². The van der Waals surface area contributed by atoms with Crippen molar-refractivity contribution >= 4 is 17.3 Å². The summed E-state index contributed by atoms with van der Waals surface area (Å²) >= 11 is 0. The van der Waals surface area contributed by atoms with Gasteiger partial charge in [-0.1, -0.05) is 60.7 Å². The first kappa shape index (κ1) is 22.2. The number of hydrazone groups is 1. The molecular formula is C28H30N4O2. The van der Waals surface area contributed by atoms with Crippen LogP contribution in [-0.2, 0) is 4.79 Å². The number of rotatable bonds is 6. The third kappa shape index (κ3) is 4.82. The number of methoxy groups -OCH3 is 1. The van der Waals surface area contributed by atoms with Crippen LogP contribution in [0.25, 0.3) is 0 Å². The Morgan fingerprint density at radius 1 is 0.882 bits per heavy atom. The summed E-state index contributed by atoms with van der Waals surface area (Å²) in [6.07, 6.45) is 0.698. The van der Waals surface area contributed by atoms with E-state index in [0.717, 1.165) is 48.8 Å². The summed E-state index contributed by atoms with van der Waals surface area (Å²) < 4.78 is 5.32. The molecule has 3 aromatic carbocycles. The van der Waals surface area contributed by atoms with E-state index in [2.05, 4.69) is 46.2 Å². The Morgan fingerprint density at radius 2 is 1.53 bits per heavy atom. The summed E-state index contributed by atoms with van der Waals surface area (Å²) in [5.41, 5.74) is 4.32. The monoisotopic (exact) mass is 454 g/mol. The van der Waals surface area contributed by atoms with Crippen LogP contribution in [-0.4, -0.2) is 61.4 Å². The predicted molar refractivity (Wildman–Crippen MR) is 135 cm³/mol. The normalized spacial score (nSPS) is 18.6. The second-order valence-corrected chi connectivity index (χ2v) is 8.74. The van der Waals surface area contributed by atoms with E-state index in [1.807, 2.05) is 48.5 Å². The molecule has 0 bridgehead atoms. The molecule has 0 unspecified atom stereocenters. The van der Waals surface area contributed by atoms with Crippen LogP contribution >= 0.6 is 0 Å². The van der Waals surface area contributed by atoms with Crippen LogP contribution in [0.1, 0.15) is 23.6 Å². The Bertz CT molecular complexity index is 1120. The Labute approximate surface area is 201 Å². The van der Waals surface area contributed by atoms with Crippen molar-refractivity contribution in [3.63, 3.8) is 0 Å². The molecule has 0 N–H and O–H groups in total. The Balaban J connectivity index is 1.30. The number of anilines is 1. The molecule has 0 aromatic heterocycles. The van der Waals surface area contributed by atoms with Gasteiger partial charge in [-0.05, 0) is 35.4 Å². The number of benzene rings is 3. The zero-order valence-corrected chi connectivity index (χ0v) is 19.5. The van der Waals surface area contributed by atoms with Crippen LogP contribution in [0.15, 0.2) is 90.0 Å². The standard InChI is InChI=1S/C28H30N4O2/c1-34-25-14-12-23(13-15-25)27-20-26(22-8-4-2-5-9-22)29-32(27)28(33)21-30-16-18-31(19-17-30)24-10-6-3-7-11-24/h2-15,27H,16-21H2,1H3/t27-/m1/s1. The van der Waals surface area contributed by atoms with Crippen molar-refractivity contribution in [3.8, 4) is 5.75 Å². The molecule has 1 atom stereocenters. The number of hydrogen-bond donors (Lipinski definition) is 0. The Morgan fingerprint density at radius 3 is 2.18 bits per heavy atom. The van der Waals surface area contributed by atoms with Crippen LogP contribution in [0.3, 0.4) is 0 Å². The van der Waals surface area contributed by atoms with Crippen molar-refractivity contribution in [3.05, 3.63) is 96.1 Å². The van der Waals surface area contributed by atoms with E-state index < -0.39 is 0 Å². The summed E-state index contributed by atoms with van der Waals surface area (Å²) in [6, 6.07) is 28.4. The summed E-state index contributed by atoms with van der Waals surface area (Å²) in [5.74, 6) is 0.847. The maximum Gasteiger partial charge on any atom is 0.257 e. The van der Waals surface area contributed by atoms with Gasteiger partial charge in [0.15, 0.2) is 0 Å². The highest BCUT2D eigenvalue weighted by Crippen LogP contribution is 2.33. The van der Waals surface area contributed by atoms with E-state index in [0.29, 0.717) is 13.0 Å². The van der Waals surface area contributed by atoms with Crippen LogP contribution in [0.4, 0.5) is 5.69 Å². The smallest absolute Gasteiger partial charge is 0.257 e. The summed E-state index contributed by atoms with van der Waals surface area (Å²) in [5, 5.41) is 6.52. The average Bonchev–Trinajstić information content (AvgIpc) is 3.36. The first-order valence-electron chi connectivity index (χ1n) is 11.8. The molecule has 0 saturated carbocycles. The van der Waals surface area contributed by atoms with Crippen LogP contribution in [0.2, 0.25) is 0 Å². The lowest BCUT2D eigenvalue weighted by Crippen LogP contribution is -2.49. The molecule has 6 heteroatoms. The van der Waals surface area contributed by atoms with Crippen LogP contribution in [0, 0.1) is 0 Å². The fourth-order valence-corrected chi connectivity index (χ4v) is 4.70. The fraction of sp³-hybridized carbons (Fsp3) is 0.286. The van der Waals surface area contributed by atoms with Gasteiger partial charge in [0.05, 0.1) is 25.4 Å². The van der Waals surface area contributed by atoms with E-state index in [9.17, 15) is 4.79 Å². The van der Waals surface area contributed by atoms with Gasteiger partial charge in [-0.15, -0.1) is 0 Å². The molecule has 0 spiro atoms. The van der Waals surface area contributed by atoms with Crippen molar-refractivity contribution in [1.29, 1.82) is 0 Å². The van der Waals surface area contributed by atoms with Gasteiger partial charge in [-0.2, -0.15) is 5.10 Å². The second-order valence-electron chi connectivity index (χ2n) is 8.74. The summed E-state index contributed by atoms with van der Waals surface area (Å²) in [7, 11) is 1.66. The highest BCUT2D eigenvalue weighted by atomic mass is 16.5. The molecule has 34 heavy (non-hydrogen) atoms. The maximum atomic E-state index is 13.5. The average molecular weight is 455 g/mol. The number of carbonyl (C=O) groups excluding carboxylic acids is 1. The zero-order valence-electron chi connectivity index (χ0n) is 19.5. The number of ether oxygens (including phenoxy) is 1. The van der Waals surface area contributed by atoms with E-state index in [1.165, 1.54) is 5.69 Å². The molecule has 5 rings (SSSR count). The van der Waals surface area contributed by atoms with Gasteiger partial charge < -0.3 is 9.64 Å². The van der Waals surface area contributed by atoms with Crippen molar-refractivity contribution in [2.45, 2.75) is 12.5 Å². The largest absolute Gasteiger partial charge is 0.497 e. The molecule has 0 aliphatic carbocycles. The minimum absolute atomic E-state index is 0.0416. The lowest BCUT2D eigenvalue weighted by Gasteiger charge is -2.36. The number of nitrogens with zero attached hydrogens (tertiary/aromatic N) is 4. The molecule has 1 amide bonds. The van der Waals surface area contributed by atoms with Crippen LogP contribution in [0.5, 0.6) is 5.75 Å². The molecule has 1 fully saturated rings. The Hall–Kier alpha value is -3.64. The highest BCUT2D eigenvalue weighted by Gasteiger charge is 2.34. The first-order chi connectivity index (χ1) is 16.7. The number of carbonyl (C=O) groups is 1. The minimum atomic E-state index is -0.112. The molecule has 6 nitrogen and oxygen atoms in total. The first-order valence-corrected chi connectivity index (χ1v) is 11.8. The van der Waals surface area contributed by atoms with Gasteiger partial charge in [0.25, 0.3) is 5.91 Å². The van der Waals surface area contributed by atoms with Crippen molar-refractivity contribution in [2.24, 2.45) is 5.10 Å². The van der Waals surface area contributed by atoms with Crippen molar-refractivity contribution in [2.75, 3.05) is 44.7 Å². The number of para-hydroxylation sites is 1. The fourth-order valence-electron chi connectivity index (χ4n) is 4.70. The van der Waals surface area contributed by atoms with Gasteiger partial charge in [-0.25, -0.2) is 5.01 Å². The molecule has 174 valence electrons. The molecule has 2 heterocycles. The SMILES string of the molecule is COc1ccc([C@H]2CC(c3ccccc3)=NN2C(=O)CN2CCN(c3ccccc3)CC2)cc1.